The molecular formula is C11H20INO. The van der Waals surface area contributed by atoms with Crippen LogP contribution in [-0.2, 0) is 4.79 Å². The first-order valence-corrected chi connectivity index (χ1v) is 6.67. The van der Waals surface area contributed by atoms with Crippen molar-refractivity contribution in [3.8, 4) is 0 Å². The van der Waals surface area contributed by atoms with Crippen LogP contribution in [0.2, 0.25) is 0 Å². The number of rotatable bonds is 5. The summed E-state index contributed by atoms with van der Waals surface area (Å²) in [5.41, 5.74) is 0. The summed E-state index contributed by atoms with van der Waals surface area (Å²) in [5.74, 6) is 0.919. The van der Waals surface area contributed by atoms with Crippen molar-refractivity contribution in [2.24, 2.45) is 5.92 Å². The van der Waals surface area contributed by atoms with Crippen LogP contribution in [0.1, 0.15) is 39.0 Å². The highest BCUT2D eigenvalue weighted by atomic mass is 127. The van der Waals surface area contributed by atoms with Gasteiger partial charge in [0.05, 0.1) is 0 Å². The van der Waals surface area contributed by atoms with Crippen LogP contribution in [0.3, 0.4) is 0 Å². The van der Waals surface area contributed by atoms with Gasteiger partial charge in [-0.05, 0) is 73.8 Å². The Morgan fingerprint density at radius 2 is 2.00 bits per heavy atom. The van der Waals surface area contributed by atoms with Crippen molar-refractivity contribution in [3.05, 3.63) is 0 Å². The van der Waals surface area contributed by atoms with Gasteiger partial charge in [-0.2, -0.15) is 0 Å². The summed E-state index contributed by atoms with van der Waals surface area (Å²) in [6.45, 7) is 6.06. The van der Waals surface area contributed by atoms with E-state index in [4.69, 9.17) is 0 Å². The van der Waals surface area contributed by atoms with Crippen molar-refractivity contribution >= 4 is 26.4 Å². The van der Waals surface area contributed by atoms with E-state index in [1.54, 1.807) is 0 Å². The Balaban J connectivity index is 1.99. The fraction of sp³-hybridized carbons (Fsp3) is 0.909. The number of hydrogen-bond donors (Lipinski definition) is 0. The summed E-state index contributed by atoms with van der Waals surface area (Å²) < 4.78 is 0.301. The standard InChI is InChI=1S/C11H20INO/c1-10-5-8-13(9-6-10)7-3-2-4-11(12)14/h10H,2-9H2,1H3. The molecule has 0 unspecified atom stereocenters. The van der Waals surface area contributed by atoms with Gasteiger partial charge < -0.3 is 4.90 Å². The van der Waals surface area contributed by atoms with Crippen LogP contribution in [-0.4, -0.2) is 28.3 Å². The zero-order valence-electron chi connectivity index (χ0n) is 8.97. The van der Waals surface area contributed by atoms with E-state index < -0.39 is 0 Å². The second-order valence-corrected chi connectivity index (χ2v) is 5.54. The molecule has 1 heterocycles. The third-order valence-corrected chi connectivity index (χ3v) is 3.51. The van der Waals surface area contributed by atoms with Crippen LogP contribution < -0.4 is 0 Å². The van der Waals surface area contributed by atoms with E-state index in [1.807, 2.05) is 22.6 Å². The lowest BCUT2D eigenvalue weighted by Crippen LogP contribution is -2.33. The van der Waals surface area contributed by atoms with Gasteiger partial charge in [0.25, 0.3) is 0 Å². The Hall–Kier alpha value is 0.360. The van der Waals surface area contributed by atoms with E-state index in [0.717, 1.165) is 18.8 Å². The minimum Gasteiger partial charge on any atom is -0.303 e. The first-order chi connectivity index (χ1) is 6.68. The number of halogens is 1. The molecule has 1 fully saturated rings. The molecule has 0 amide bonds. The Morgan fingerprint density at radius 3 is 2.57 bits per heavy atom. The predicted octanol–water partition coefficient (Wildman–Crippen LogP) is 2.85. The molecule has 1 saturated heterocycles. The molecule has 0 radical (unpaired) electrons. The van der Waals surface area contributed by atoms with E-state index in [1.165, 1.54) is 38.9 Å². The summed E-state index contributed by atoms with van der Waals surface area (Å²) >= 11 is 1.89. The van der Waals surface area contributed by atoms with E-state index >= 15 is 0 Å². The van der Waals surface area contributed by atoms with Gasteiger partial charge in [-0.25, -0.2) is 0 Å². The van der Waals surface area contributed by atoms with E-state index in [-0.39, 0.29) is 0 Å². The number of likely N-dealkylation sites (tertiary alicyclic amines) is 1. The van der Waals surface area contributed by atoms with Crippen LogP contribution in [0.15, 0.2) is 0 Å². The van der Waals surface area contributed by atoms with Gasteiger partial charge in [-0.1, -0.05) is 6.92 Å². The lowest BCUT2D eigenvalue weighted by molar-refractivity contribution is -0.109. The van der Waals surface area contributed by atoms with Crippen molar-refractivity contribution < 1.29 is 4.79 Å². The van der Waals surface area contributed by atoms with Crippen molar-refractivity contribution in [3.63, 3.8) is 0 Å². The number of hydrogen-bond acceptors (Lipinski definition) is 2. The quantitative estimate of drug-likeness (QED) is 0.442. The van der Waals surface area contributed by atoms with Crippen molar-refractivity contribution in [2.45, 2.75) is 39.0 Å². The van der Waals surface area contributed by atoms with Gasteiger partial charge in [0.2, 0.25) is 0 Å². The third-order valence-electron chi connectivity index (χ3n) is 2.97. The van der Waals surface area contributed by atoms with E-state index in [2.05, 4.69) is 11.8 Å². The minimum atomic E-state index is 0.301. The van der Waals surface area contributed by atoms with E-state index in [9.17, 15) is 4.79 Å². The summed E-state index contributed by atoms with van der Waals surface area (Å²) in [6.07, 6.45) is 5.71. The predicted molar refractivity (Wildman–Crippen MR) is 67.7 cm³/mol. The average Bonchev–Trinajstić information content (AvgIpc) is 2.15. The molecule has 1 aliphatic rings. The molecule has 0 aromatic rings. The highest BCUT2D eigenvalue weighted by Gasteiger charge is 2.14. The van der Waals surface area contributed by atoms with Crippen LogP contribution in [0.5, 0.6) is 0 Å². The molecule has 3 heteroatoms. The first kappa shape index (κ1) is 12.4. The zero-order chi connectivity index (χ0) is 10.4. The van der Waals surface area contributed by atoms with Crippen LogP contribution >= 0.6 is 22.6 Å². The molecule has 82 valence electrons. The number of unbranched alkanes of at least 4 members (excludes halogenated alkanes) is 1. The normalized spacial score (nSPS) is 19.9. The lowest BCUT2D eigenvalue weighted by Gasteiger charge is -2.30. The van der Waals surface area contributed by atoms with Gasteiger partial charge in [-0.15, -0.1) is 0 Å². The van der Waals surface area contributed by atoms with Crippen molar-refractivity contribution in [1.29, 1.82) is 0 Å². The minimum absolute atomic E-state index is 0.301. The molecule has 0 saturated carbocycles. The number of nitrogens with zero attached hydrogens (tertiary/aromatic N) is 1. The van der Waals surface area contributed by atoms with Gasteiger partial charge in [0.1, 0.15) is 0 Å². The molecule has 0 aromatic carbocycles. The number of carbonyl (C=O) groups excluding carboxylic acids is 1. The van der Waals surface area contributed by atoms with Crippen LogP contribution in [0.25, 0.3) is 0 Å². The molecule has 0 aliphatic carbocycles. The zero-order valence-corrected chi connectivity index (χ0v) is 11.1. The second kappa shape index (κ2) is 6.77. The summed E-state index contributed by atoms with van der Waals surface area (Å²) in [4.78, 5) is 13.3. The summed E-state index contributed by atoms with van der Waals surface area (Å²) in [6, 6.07) is 0. The molecule has 2 nitrogen and oxygen atoms in total. The smallest absolute Gasteiger partial charge is 0.192 e. The largest absolute Gasteiger partial charge is 0.303 e. The maximum absolute atomic E-state index is 10.7. The molecular weight excluding hydrogens is 289 g/mol. The molecule has 0 bridgehead atoms. The summed E-state index contributed by atoms with van der Waals surface area (Å²) in [7, 11) is 0. The van der Waals surface area contributed by atoms with Gasteiger partial charge in [-0.3, -0.25) is 4.79 Å². The second-order valence-electron chi connectivity index (χ2n) is 4.34. The maximum Gasteiger partial charge on any atom is 0.192 e. The molecule has 0 atom stereocenters. The molecule has 0 N–H and O–H groups in total. The van der Waals surface area contributed by atoms with Gasteiger partial charge in [0, 0.05) is 6.42 Å². The van der Waals surface area contributed by atoms with Crippen LogP contribution in [0, 0.1) is 5.92 Å². The maximum atomic E-state index is 10.7. The highest BCUT2D eigenvalue weighted by Crippen LogP contribution is 2.16. The Morgan fingerprint density at radius 1 is 1.36 bits per heavy atom. The fourth-order valence-corrected chi connectivity index (χ4v) is 2.27. The molecule has 0 spiro atoms. The Labute approximate surface area is 101 Å². The highest BCUT2D eigenvalue weighted by molar-refractivity contribution is 14.1. The average molecular weight is 309 g/mol. The Bertz CT molecular complexity index is 176. The molecule has 0 aromatic heterocycles. The van der Waals surface area contributed by atoms with Crippen molar-refractivity contribution in [1.82, 2.24) is 4.90 Å². The van der Waals surface area contributed by atoms with E-state index in [0.29, 0.717) is 3.79 Å². The molecule has 14 heavy (non-hydrogen) atoms. The molecule has 1 rings (SSSR count). The monoisotopic (exact) mass is 309 g/mol. The van der Waals surface area contributed by atoms with Gasteiger partial charge >= 0.3 is 0 Å². The summed E-state index contributed by atoms with van der Waals surface area (Å²) in [5, 5.41) is 0. The number of piperidine rings is 1. The van der Waals surface area contributed by atoms with Crippen LogP contribution in [0.4, 0.5) is 0 Å². The van der Waals surface area contributed by atoms with Crippen molar-refractivity contribution in [2.75, 3.05) is 19.6 Å². The lowest BCUT2D eigenvalue weighted by atomic mass is 9.99. The first-order valence-electron chi connectivity index (χ1n) is 5.59. The SMILES string of the molecule is CC1CCN(CCCCC(=O)I)CC1. The topological polar surface area (TPSA) is 20.3 Å². The Kier molecular flexibility index (Phi) is 6.01. The van der Waals surface area contributed by atoms with Gasteiger partial charge in [0.15, 0.2) is 3.79 Å². The third kappa shape index (κ3) is 5.29. The molecule has 1 aliphatic heterocycles. The number of carbonyl (C=O) groups is 1. The fourth-order valence-electron chi connectivity index (χ4n) is 1.89.